The fraction of sp³-hybridized carbons (Fsp3) is 0.300. The first-order chi connectivity index (χ1) is 13.8. The SMILES string of the molecule is Cc1cccc(C[C@H](NC(=O)Cc2cc(C(F)(F)F)cc(C(F)(F)F)c2)C(=O)O)c1. The summed E-state index contributed by atoms with van der Waals surface area (Å²) in [4.78, 5) is 23.6. The predicted octanol–water partition coefficient (Wildman–Crippen LogP) is 4.39. The summed E-state index contributed by atoms with van der Waals surface area (Å²) in [5.74, 6) is -2.40. The van der Waals surface area contributed by atoms with Gasteiger partial charge in [-0.3, -0.25) is 4.79 Å². The lowest BCUT2D eigenvalue weighted by Crippen LogP contribution is -2.43. The minimum absolute atomic E-state index is 0.0425. The molecule has 0 aliphatic rings. The summed E-state index contributed by atoms with van der Waals surface area (Å²) in [6.07, 6.45) is -11.0. The van der Waals surface area contributed by atoms with Gasteiger partial charge in [0.1, 0.15) is 6.04 Å². The highest BCUT2D eigenvalue weighted by atomic mass is 19.4. The average Bonchev–Trinajstić information content (AvgIpc) is 2.59. The van der Waals surface area contributed by atoms with Crippen LogP contribution in [0.15, 0.2) is 42.5 Å². The number of carbonyl (C=O) groups is 2. The van der Waals surface area contributed by atoms with Crippen LogP contribution >= 0.6 is 0 Å². The van der Waals surface area contributed by atoms with E-state index in [1.54, 1.807) is 31.2 Å². The van der Waals surface area contributed by atoms with E-state index < -0.39 is 53.4 Å². The van der Waals surface area contributed by atoms with E-state index >= 15 is 0 Å². The van der Waals surface area contributed by atoms with Gasteiger partial charge in [0.25, 0.3) is 0 Å². The summed E-state index contributed by atoms with van der Waals surface area (Å²) in [7, 11) is 0. The van der Waals surface area contributed by atoms with E-state index in [2.05, 4.69) is 5.32 Å². The number of aryl methyl sites for hydroxylation is 1. The topological polar surface area (TPSA) is 66.4 Å². The molecule has 0 bridgehead atoms. The third kappa shape index (κ3) is 6.50. The number of carboxylic acids is 1. The zero-order chi connectivity index (χ0) is 22.7. The van der Waals surface area contributed by atoms with E-state index in [9.17, 15) is 41.0 Å². The first-order valence-electron chi connectivity index (χ1n) is 8.62. The summed E-state index contributed by atoms with van der Waals surface area (Å²) in [6.45, 7) is 1.78. The van der Waals surface area contributed by atoms with Crippen molar-refractivity contribution < 1.29 is 41.0 Å². The molecule has 0 aromatic heterocycles. The van der Waals surface area contributed by atoms with Crippen molar-refractivity contribution in [3.8, 4) is 0 Å². The molecule has 0 saturated heterocycles. The first-order valence-corrected chi connectivity index (χ1v) is 8.62. The number of nitrogens with one attached hydrogen (secondary N) is 1. The van der Waals surface area contributed by atoms with Gasteiger partial charge in [-0.1, -0.05) is 29.8 Å². The van der Waals surface area contributed by atoms with Gasteiger partial charge in [0.2, 0.25) is 5.91 Å². The second kappa shape index (κ2) is 8.76. The number of carboxylic acid groups (broad SMARTS) is 1. The molecule has 0 fully saturated rings. The number of hydrogen-bond donors (Lipinski definition) is 2. The van der Waals surface area contributed by atoms with Crippen molar-refractivity contribution in [1.82, 2.24) is 5.32 Å². The van der Waals surface area contributed by atoms with Gasteiger partial charge in [-0.2, -0.15) is 26.3 Å². The maximum atomic E-state index is 12.9. The highest BCUT2D eigenvalue weighted by Crippen LogP contribution is 2.36. The second-order valence-electron chi connectivity index (χ2n) is 6.74. The van der Waals surface area contributed by atoms with E-state index in [4.69, 9.17) is 0 Å². The summed E-state index contributed by atoms with van der Waals surface area (Å²) >= 11 is 0. The number of amides is 1. The number of halogens is 6. The smallest absolute Gasteiger partial charge is 0.416 e. The number of benzene rings is 2. The fourth-order valence-electron chi connectivity index (χ4n) is 2.83. The molecule has 1 amide bonds. The molecule has 0 aliphatic heterocycles. The Morgan fingerprint density at radius 1 is 0.933 bits per heavy atom. The van der Waals surface area contributed by atoms with Crippen LogP contribution in [0.1, 0.15) is 27.8 Å². The van der Waals surface area contributed by atoms with Gasteiger partial charge >= 0.3 is 18.3 Å². The molecule has 162 valence electrons. The van der Waals surface area contributed by atoms with Crippen LogP contribution in [-0.2, 0) is 34.8 Å². The summed E-state index contributed by atoms with van der Waals surface area (Å²) in [5.41, 5.74) is -2.17. The standard InChI is InChI=1S/C20H17F6NO3/c1-11-3-2-4-12(5-11)8-16(18(29)30)27-17(28)9-13-6-14(19(21,22)23)10-15(7-13)20(24,25)26/h2-7,10,16H,8-9H2,1H3,(H,27,28)(H,29,30)/t16-/m0/s1. The number of aliphatic carboxylic acids is 1. The maximum absolute atomic E-state index is 12.9. The van der Waals surface area contributed by atoms with E-state index in [0.717, 1.165) is 5.56 Å². The quantitative estimate of drug-likeness (QED) is 0.665. The summed E-state index contributed by atoms with van der Waals surface area (Å²) in [5, 5.41) is 11.5. The minimum Gasteiger partial charge on any atom is -0.480 e. The van der Waals surface area contributed by atoms with E-state index in [1.807, 2.05) is 0 Å². The van der Waals surface area contributed by atoms with E-state index in [-0.39, 0.29) is 12.5 Å². The minimum atomic E-state index is -5.04. The molecule has 4 nitrogen and oxygen atoms in total. The van der Waals surface area contributed by atoms with E-state index in [0.29, 0.717) is 17.7 Å². The van der Waals surface area contributed by atoms with Crippen molar-refractivity contribution in [3.63, 3.8) is 0 Å². The zero-order valence-corrected chi connectivity index (χ0v) is 15.6. The van der Waals surface area contributed by atoms with Gasteiger partial charge in [-0.05, 0) is 36.2 Å². The van der Waals surface area contributed by atoms with Gasteiger partial charge in [-0.15, -0.1) is 0 Å². The van der Waals surface area contributed by atoms with Crippen molar-refractivity contribution in [2.24, 2.45) is 0 Å². The van der Waals surface area contributed by atoms with Gasteiger partial charge in [-0.25, -0.2) is 4.79 Å². The lowest BCUT2D eigenvalue weighted by atomic mass is 10.0. The first kappa shape index (κ1) is 23.2. The van der Waals surface area contributed by atoms with Crippen LogP contribution in [0.2, 0.25) is 0 Å². The Labute approximate surface area is 167 Å². The molecule has 0 heterocycles. The van der Waals surface area contributed by atoms with Crippen molar-refractivity contribution >= 4 is 11.9 Å². The molecule has 0 aliphatic carbocycles. The summed E-state index contributed by atoms with van der Waals surface area (Å²) in [6, 6.07) is 6.24. The Bertz CT molecular complexity index is 905. The van der Waals surface area contributed by atoms with Gasteiger partial charge in [0, 0.05) is 6.42 Å². The van der Waals surface area contributed by atoms with Crippen LogP contribution in [0.4, 0.5) is 26.3 Å². The monoisotopic (exact) mass is 433 g/mol. The van der Waals surface area contributed by atoms with Gasteiger partial charge in [0.05, 0.1) is 17.5 Å². The molecule has 0 saturated carbocycles. The Morgan fingerprint density at radius 2 is 1.50 bits per heavy atom. The van der Waals surface area contributed by atoms with E-state index in [1.165, 1.54) is 0 Å². The highest BCUT2D eigenvalue weighted by Gasteiger charge is 2.37. The van der Waals surface area contributed by atoms with Crippen molar-refractivity contribution in [1.29, 1.82) is 0 Å². The van der Waals surface area contributed by atoms with Gasteiger partial charge in [0.15, 0.2) is 0 Å². The second-order valence-corrected chi connectivity index (χ2v) is 6.74. The molecule has 10 heteroatoms. The maximum Gasteiger partial charge on any atom is 0.416 e. The molecule has 0 unspecified atom stereocenters. The molecule has 2 N–H and O–H groups in total. The predicted molar refractivity (Wildman–Crippen MR) is 94.6 cm³/mol. The molecule has 2 aromatic carbocycles. The Morgan fingerprint density at radius 3 is 1.97 bits per heavy atom. The molecule has 1 atom stereocenters. The normalized spacial score (nSPS) is 13.0. The van der Waals surface area contributed by atoms with Crippen molar-refractivity contribution in [2.75, 3.05) is 0 Å². The van der Waals surface area contributed by atoms with Crippen LogP contribution < -0.4 is 5.32 Å². The largest absolute Gasteiger partial charge is 0.480 e. The molecule has 2 aromatic rings. The molecular formula is C20H17F6NO3. The molecule has 2 rings (SSSR count). The van der Waals surface area contributed by atoms with Gasteiger partial charge < -0.3 is 10.4 Å². The Hall–Kier alpha value is -3.04. The van der Waals surface area contributed by atoms with Crippen LogP contribution in [0.5, 0.6) is 0 Å². The third-order valence-electron chi connectivity index (χ3n) is 4.17. The molecule has 0 radical (unpaired) electrons. The molecule has 0 spiro atoms. The number of carbonyl (C=O) groups excluding carboxylic acids is 1. The highest BCUT2D eigenvalue weighted by molar-refractivity contribution is 5.85. The Kier molecular flexibility index (Phi) is 6.79. The summed E-state index contributed by atoms with van der Waals surface area (Å²) < 4.78 is 77.5. The number of hydrogen-bond acceptors (Lipinski definition) is 2. The lowest BCUT2D eigenvalue weighted by molar-refractivity contribution is -0.143. The third-order valence-corrected chi connectivity index (χ3v) is 4.17. The van der Waals surface area contributed by atoms with Crippen molar-refractivity contribution in [3.05, 3.63) is 70.3 Å². The van der Waals surface area contributed by atoms with Crippen LogP contribution in [-0.4, -0.2) is 23.0 Å². The Balaban J connectivity index is 2.21. The molecular weight excluding hydrogens is 416 g/mol. The number of alkyl halides is 6. The van der Waals surface area contributed by atoms with Crippen molar-refractivity contribution in [2.45, 2.75) is 38.2 Å². The van der Waals surface area contributed by atoms with Crippen LogP contribution in [0.3, 0.4) is 0 Å². The average molecular weight is 433 g/mol. The van der Waals surface area contributed by atoms with Crippen LogP contribution in [0.25, 0.3) is 0 Å². The molecule has 30 heavy (non-hydrogen) atoms. The van der Waals surface area contributed by atoms with Crippen LogP contribution in [0, 0.1) is 6.92 Å². The number of rotatable bonds is 6. The lowest BCUT2D eigenvalue weighted by Gasteiger charge is -2.17. The zero-order valence-electron chi connectivity index (χ0n) is 15.6. The fourth-order valence-corrected chi connectivity index (χ4v) is 2.83.